The van der Waals surface area contributed by atoms with Crippen LogP contribution in [0.15, 0.2) is 17.8 Å². The van der Waals surface area contributed by atoms with Gasteiger partial charge in [0, 0.05) is 12.4 Å². The molecule has 0 amide bonds. The maximum atomic E-state index is 3.85. The standard InChI is InChI=1S/C7H13N.C2H7N/c1-3-5-6-7-8-4-2;1-3-2/h4,7H,2-3,5-6H2,1H3;3H,1-2H3. The molecular formula is C9H20N2. The topological polar surface area (TPSA) is 24.4 Å². The maximum Gasteiger partial charge on any atom is 0.0191 e. The predicted molar refractivity (Wildman–Crippen MR) is 53.2 cm³/mol. The van der Waals surface area contributed by atoms with Crippen molar-refractivity contribution in [1.82, 2.24) is 5.32 Å². The van der Waals surface area contributed by atoms with Crippen molar-refractivity contribution in [2.24, 2.45) is 4.99 Å². The monoisotopic (exact) mass is 156 g/mol. The van der Waals surface area contributed by atoms with E-state index in [-0.39, 0.29) is 0 Å². The zero-order chi connectivity index (χ0) is 8.95. The number of aliphatic imine (C=N–C) groups is 1. The fraction of sp³-hybridized carbons (Fsp3) is 0.667. The third-order valence-electron chi connectivity index (χ3n) is 0.898. The van der Waals surface area contributed by atoms with Crippen molar-refractivity contribution in [3.05, 3.63) is 12.8 Å². The van der Waals surface area contributed by atoms with Gasteiger partial charge >= 0.3 is 0 Å². The molecular weight excluding hydrogens is 136 g/mol. The maximum absolute atomic E-state index is 3.85. The summed E-state index contributed by atoms with van der Waals surface area (Å²) in [7, 11) is 3.75. The van der Waals surface area contributed by atoms with Gasteiger partial charge in [0.05, 0.1) is 0 Å². The Morgan fingerprint density at radius 1 is 1.45 bits per heavy atom. The Hall–Kier alpha value is -0.630. The molecule has 0 aliphatic rings. The summed E-state index contributed by atoms with van der Waals surface area (Å²) >= 11 is 0. The highest BCUT2D eigenvalue weighted by atomic mass is 14.7. The van der Waals surface area contributed by atoms with Gasteiger partial charge < -0.3 is 5.32 Å². The van der Waals surface area contributed by atoms with E-state index in [4.69, 9.17) is 0 Å². The highest BCUT2D eigenvalue weighted by Crippen LogP contribution is 1.89. The first-order valence-electron chi connectivity index (χ1n) is 4.04. The molecule has 0 aliphatic carbocycles. The average molecular weight is 156 g/mol. The summed E-state index contributed by atoms with van der Waals surface area (Å²) in [5, 5.41) is 2.75. The normalized spacial score (nSPS) is 9.00. The van der Waals surface area contributed by atoms with Crippen LogP contribution >= 0.6 is 0 Å². The molecule has 11 heavy (non-hydrogen) atoms. The van der Waals surface area contributed by atoms with Gasteiger partial charge in [-0.05, 0) is 26.9 Å². The molecule has 0 aromatic carbocycles. The van der Waals surface area contributed by atoms with E-state index < -0.39 is 0 Å². The molecule has 0 atom stereocenters. The van der Waals surface area contributed by atoms with Crippen LogP contribution in [0.4, 0.5) is 0 Å². The number of unbranched alkanes of at least 4 members (excludes halogenated alkanes) is 2. The number of rotatable bonds is 4. The van der Waals surface area contributed by atoms with Crippen LogP contribution in [0.2, 0.25) is 0 Å². The zero-order valence-corrected chi connectivity index (χ0v) is 7.93. The molecule has 0 aromatic heterocycles. The zero-order valence-electron chi connectivity index (χ0n) is 7.93. The molecule has 0 saturated carbocycles. The number of hydrogen-bond donors (Lipinski definition) is 1. The van der Waals surface area contributed by atoms with Gasteiger partial charge in [-0.3, -0.25) is 4.99 Å². The van der Waals surface area contributed by atoms with E-state index in [0.717, 1.165) is 6.42 Å². The summed E-state index contributed by atoms with van der Waals surface area (Å²) < 4.78 is 0. The lowest BCUT2D eigenvalue weighted by atomic mass is 10.3. The summed E-state index contributed by atoms with van der Waals surface area (Å²) in [4.78, 5) is 3.85. The smallest absolute Gasteiger partial charge is 0.0191 e. The molecule has 0 radical (unpaired) electrons. The molecule has 66 valence electrons. The van der Waals surface area contributed by atoms with E-state index in [0.29, 0.717) is 0 Å². The van der Waals surface area contributed by atoms with Crippen molar-refractivity contribution in [3.63, 3.8) is 0 Å². The number of nitrogens with one attached hydrogen (secondary N) is 1. The van der Waals surface area contributed by atoms with Crippen LogP contribution in [0.3, 0.4) is 0 Å². The Kier molecular flexibility index (Phi) is 19.1. The van der Waals surface area contributed by atoms with Crippen LogP contribution < -0.4 is 5.32 Å². The van der Waals surface area contributed by atoms with Gasteiger partial charge in [0.25, 0.3) is 0 Å². The van der Waals surface area contributed by atoms with Crippen molar-refractivity contribution in [1.29, 1.82) is 0 Å². The molecule has 2 heteroatoms. The Balaban J connectivity index is 0. The van der Waals surface area contributed by atoms with Crippen LogP contribution in [0.1, 0.15) is 26.2 Å². The lowest BCUT2D eigenvalue weighted by molar-refractivity contribution is 0.842. The number of nitrogens with zero attached hydrogens (tertiary/aromatic N) is 1. The highest BCUT2D eigenvalue weighted by Gasteiger charge is 1.74. The Labute approximate surface area is 70.4 Å². The minimum Gasteiger partial charge on any atom is -0.323 e. The van der Waals surface area contributed by atoms with Gasteiger partial charge in [-0.15, -0.1) is 0 Å². The van der Waals surface area contributed by atoms with Crippen molar-refractivity contribution in [2.45, 2.75) is 26.2 Å². The second-order valence-corrected chi connectivity index (χ2v) is 2.16. The largest absolute Gasteiger partial charge is 0.323 e. The average Bonchev–Trinajstić information content (AvgIpc) is 2.00. The lowest BCUT2D eigenvalue weighted by Crippen LogP contribution is -1.89. The fourth-order valence-corrected chi connectivity index (χ4v) is 0.444. The SMILES string of the molecule is C=CN=CCCCC.CNC. The van der Waals surface area contributed by atoms with Crippen LogP contribution in [0, 0.1) is 0 Å². The van der Waals surface area contributed by atoms with Gasteiger partial charge in [0.2, 0.25) is 0 Å². The van der Waals surface area contributed by atoms with Crippen LogP contribution in [0.25, 0.3) is 0 Å². The molecule has 0 fully saturated rings. The fourth-order valence-electron chi connectivity index (χ4n) is 0.444. The summed E-state index contributed by atoms with van der Waals surface area (Å²) in [5.41, 5.74) is 0. The lowest BCUT2D eigenvalue weighted by Gasteiger charge is -1.83. The molecule has 2 nitrogen and oxygen atoms in total. The van der Waals surface area contributed by atoms with E-state index in [2.05, 4.69) is 23.8 Å². The van der Waals surface area contributed by atoms with Crippen molar-refractivity contribution >= 4 is 6.21 Å². The van der Waals surface area contributed by atoms with Gasteiger partial charge in [0.1, 0.15) is 0 Å². The molecule has 0 heterocycles. The summed E-state index contributed by atoms with van der Waals surface area (Å²) in [6.45, 7) is 5.63. The first-order valence-corrected chi connectivity index (χ1v) is 4.04. The van der Waals surface area contributed by atoms with E-state index in [1.54, 1.807) is 6.20 Å². The molecule has 0 bridgehead atoms. The van der Waals surface area contributed by atoms with Crippen LogP contribution in [-0.4, -0.2) is 20.3 Å². The van der Waals surface area contributed by atoms with Crippen molar-refractivity contribution in [2.75, 3.05) is 14.1 Å². The summed E-state index contributed by atoms with van der Waals surface area (Å²) in [5.74, 6) is 0. The van der Waals surface area contributed by atoms with E-state index >= 15 is 0 Å². The molecule has 0 aliphatic heterocycles. The predicted octanol–water partition coefficient (Wildman–Crippen LogP) is 2.23. The van der Waals surface area contributed by atoms with Crippen LogP contribution in [0.5, 0.6) is 0 Å². The Morgan fingerprint density at radius 2 is 2.00 bits per heavy atom. The van der Waals surface area contributed by atoms with E-state index in [1.807, 2.05) is 20.3 Å². The van der Waals surface area contributed by atoms with Gasteiger partial charge in [0.15, 0.2) is 0 Å². The van der Waals surface area contributed by atoms with E-state index in [1.165, 1.54) is 12.8 Å². The first-order chi connectivity index (χ1) is 5.33. The van der Waals surface area contributed by atoms with Crippen molar-refractivity contribution in [3.8, 4) is 0 Å². The second kappa shape index (κ2) is 16.2. The Morgan fingerprint density at radius 3 is 2.36 bits per heavy atom. The third kappa shape index (κ3) is 26.7. The summed E-state index contributed by atoms with van der Waals surface area (Å²) in [6.07, 6.45) is 7.02. The first kappa shape index (κ1) is 13.0. The minimum atomic E-state index is 1.09. The molecule has 0 aromatic rings. The van der Waals surface area contributed by atoms with Crippen molar-refractivity contribution < 1.29 is 0 Å². The minimum absolute atomic E-state index is 1.09. The molecule has 0 unspecified atom stereocenters. The second-order valence-electron chi connectivity index (χ2n) is 2.16. The molecule has 1 N–H and O–H groups in total. The Bertz CT molecular complexity index is 87.6. The highest BCUT2D eigenvalue weighted by molar-refractivity contribution is 5.57. The van der Waals surface area contributed by atoms with E-state index in [9.17, 15) is 0 Å². The van der Waals surface area contributed by atoms with Gasteiger partial charge in [-0.1, -0.05) is 19.9 Å². The quantitative estimate of drug-likeness (QED) is 0.490. The molecule has 0 spiro atoms. The van der Waals surface area contributed by atoms with Crippen LogP contribution in [-0.2, 0) is 0 Å². The summed E-state index contributed by atoms with van der Waals surface area (Å²) in [6, 6.07) is 0. The third-order valence-corrected chi connectivity index (χ3v) is 0.898. The molecule has 0 rings (SSSR count). The van der Waals surface area contributed by atoms with Gasteiger partial charge in [-0.2, -0.15) is 0 Å². The molecule has 0 saturated heterocycles. The number of hydrogen-bond acceptors (Lipinski definition) is 2. The van der Waals surface area contributed by atoms with Gasteiger partial charge in [-0.25, -0.2) is 0 Å².